The molecule has 2 aliphatic heterocycles. The maximum atomic E-state index is 11.0. The lowest BCUT2D eigenvalue weighted by Gasteiger charge is -2.36. The van der Waals surface area contributed by atoms with Crippen LogP contribution >= 0.6 is 0 Å². The van der Waals surface area contributed by atoms with Crippen LogP contribution in [0.15, 0.2) is 0 Å². The van der Waals surface area contributed by atoms with Gasteiger partial charge in [-0.05, 0) is 50.7 Å². The highest BCUT2D eigenvalue weighted by atomic mass is 16.1. The molecule has 0 radical (unpaired) electrons. The molecule has 2 heterocycles. The van der Waals surface area contributed by atoms with Crippen LogP contribution < -0.4 is 5.32 Å². The number of amides is 1. The first kappa shape index (κ1) is 16.2. The minimum atomic E-state index is 0.117. The van der Waals surface area contributed by atoms with Crippen LogP contribution in [0.2, 0.25) is 0 Å². The van der Waals surface area contributed by atoms with Gasteiger partial charge in [0.05, 0.1) is 0 Å². The van der Waals surface area contributed by atoms with E-state index < -0.39 is 0 Å². The van der Waals surface area contributed by atoms with E-state index in [1.54, 1.807) is 6.92 Å². The Balaban J connectivity index is 1.32. The molecule has 3 aliphatic rings. The molecule has 5 nitrogen and oxygen atoms in total. The van der Waals surface area contributed by atoms with Crippen molar-refractivity contribution in [1.29, 1.82) is 0 Å². The van der Waals surface area contributed by atoms with Gasteiger partial charge in [0.15, 0.2) is 0 Å². The normalized spacial score (nSPS) is 29.6. The van der Waals surface area contributed by atoms with E-state index in [2.05, 4.69) is 27.1 Å². The summed E-state index contributed by atoms with van der Waals surface area (Å²) in [7, 11) is 2.22. The summed E-state index contributed by atoms with van der Waals surface area (Å²) in [6, 6.07) is 0. The summed E-state index contributed by atoms with van der Waals surface area (Å²) in [6.45, 7) is 12.4. The molecular formula is C17H32N4O. The lowest BCUT2D eigenvalue weighted by atomic mass is 9.91. The number of nitrogens with zero attached hydrogens (tertiary/aromatic N) is 3. The second-order valence-electron chi connectivity index (χ2n) is 7.69. The third-order valence-corrected chi connectivity index (χ3v) is 6.14. The highest BCUT2D eigenvalue weighted by Crippen LogP contribution is 2.58. The van der Waals surface area contributed by atoms with Crippen molar-refractivity contribution in [2.75, 3.05) is 66.0 Å². The van der Waals surface area contributed by atoms with Gasteiger partial charge in [0.1, 0.15) is 0 Å². The van der Waals surface area contributed by atoms with Crippen molar-refractivity contribution in [2.45, 2.75) is 26.2 Å². The van der Waals surface area contributed by atoms with Gasteiger partial charge >= 0.3 is 0 Å². The van der Waals surface area contributed by atoms with Gasteiger partial charge in [-0.2, -0.15) is 0 Å². The number of nitrogens with one attached hydrogen (secondary N) is 1. The molecule has 0 aromatic carbocycles. The highest BCUT2D eigenvalue weighted by Gasteiger charge is 2.54. The Morgan fingerprint density at radius 2 is 1.64 bits per heavy atom. The number of piperazine rings is 1. The lowest BCUT2D eigenvalue weighted by molar-refractivity contribution is -0.119. The monoisotopic (exact) mass is 308 g/mol. The Morgan fingerprint density at radius 1 is 1.05 bits per heavy atom. The molecule has 3 fully saturated rings. The van der Waals surface area contributed by atoms with E-state index in [0.717, 1.165) is 12.5 Å². The van der Waals surface area contributed by atoms with Crippen molar-refractivity contribution in [3.63, 3.8) is 0 Å². The van der Waals surface area contributed by atoms with Gasteiger partial charge in [-0.1, -0.05) is 0 Å². The molecular weight excluding hydrogens is 276 g/mol. The van der Waals surface area contributed by atoms with Crippen molar-refractivity contribution in [3.05, 3.63) is 0 Å². The first-order chi connectivity index (χ1) is 10.6. The molecule has 1 N–H and O–H groups in total. The van der Waals surface area contributed by atoms with Crippen molar-refractivity contribution in [3.8, 4) is 0 Å². The predicted octanol–water partition coefficient (Wildman–Crippen LogP) is 0.472. The van der Waals surface area contributed by atoms with E-state index >= 15 is 0 Å². The Hall–Kier alpha value is -0.650. The number of piperidine rings is 1. The quantitative estimate of drug-likeness (QED) is 0.801. The summed E-state index contributed by atoms with van der Waals surface area (Å²) >= 11 is 0. The van der Waals surface area contributed by atoms with E-state index in [9.17, 15) is 4.79 Å². The molecule has 126 valence electrons. The van der Waals surface area contributed by atoms with Gasteiger partial charge in [0, 0.05) is 52.7 Å². The molecule has 1 saturated carbocycles. The molecule has 5 heteroatoms. The largest absolute Gasteiger partial charge is 0.356 e. The molecule has 1 aliphatic carbocycles. The summed E-state index contributed by atoms with van der Waals surface area (Å²) in [4.78, 5) is 18.7. The van der Waals surface area contributed by atoms with Gasteiger partial charge in [-0.25, -0.2) is 0 Å². The third-order valence-electron chi connectivity index (χ3n) is 6.14. The molecule has 0 aromatic heterocycles. The summed E-state index contributed by atoms with van der Waals surface area (Å²) in [5.74, 6) is 0.864. The van der Waals surface area contributed by atoms with E-state index in [1.807, 2.05) is 0 Å². The molecule has 0 aromatic rings. The smallest absolute Gasteiger partial charge is 0.216 e. The fourth-order valence-corrected chi connectivity index (χ4v) is 4.18. The number of rotatable bonds is 5. The number of carbonyl (C=O) groups is 1. The average Bonchev–Trinajstić information content (AvgIpc) is 3.19. The third kappa shape index (κ3) is 4.00. The standard InChI is InChI=1S/C17H32N4O/c1-15(22)18-14-16-13-17(16)3-5-20(6-4-17)11-12-21-9-7-19(2)8-10-21/h16H,3-14H2,1-2H3,(H,18,22). The van der Waals surface area contributed by atoms with Crippen LogP contribution in [0.5, 0.6) is 0 Å². The number of hydrogen-bond donors (Lipinski definition) is 1. The first-order valence-corrected chi connectivity index (χ1v) is 8.95. The Morgan fingerprint density at radius 3 is 2.23 bits per heavy atom. The second-order valence-corrected chi connectivity index (χ2v) is 7.69. The Labute approximate surface area is 135 Å². The number of carbonyl (C=O) groups excluding carboxylic acids is 1. The van der Waals surface area contributed by atoms with Crippen molar-refractivity contribution in [2.24, 2.45) is 11.3 Å². The van der Waals surface area contributed by atoms with Gasteiger partial charge in [-0.3, -0.25) is 9.69 Å². The van der Waals surface area contributed by atoms with Crippen LogP contribution in [0, 0.1) is 11.3 Å². The maximum absolute atomic E-state index is 11.0. The Kier molecular flexibility index (Phi) is 5.05. The van der Waals surface area contributed by atoms with Gasteiger partial charge in [-0.15, -0.1) is 0 Å². The molecule has 2 saturated heterocycles. The Bertz CT molecular complexity index is 384. The van der Waals surface area contributed by atoms with Crippen molar-refractivity contribution < 1.29 is 4.79 Å². The SMILES string of the molecule is CC(=O)NCC1CC12CCN(CCN1CCN(C)CC1)CC2. The first-order valence-electron chi connectivity index (χ1n) is 8.95. The molecule has 1 atom stereocenters. The minimum absolute atomic E-state index is 0.117. The molecule has 0 bridgehead atoms. The summed E-state index contributed by atoms with van der Waals surface area (Å²) in [6.07, 6.45) is 4.00. The molecule has 22 heavy (non-hydrogen) atoms. The zero-order valence-electron chi connectivity index (χ0n) is 14.3. The lowest BCUT2D eigenvalue weighted by Crippen LogP contribution is -2.48. The molecule has 1 unspecified atom stereocenters. The number of likely N-dealkylation sites (tertiary alicyclic amines) is 1. The fraction of sp³-hybridized carbons (Fsp3) is 0.941. The fourth-order valence-electron chi connectivity index (χ4n) is 4.18. The van der Waals surface area contributed by atoms with Crippen LogP contribution in [0.4, 0.5) is 0 Å². The number of hydrogen-bond acceptors (Lipinski definition) is 4. The number of likely N-dealkylation sites (N-methyl/N-ethyl adjacent to an activating group) is 1. The molecule has 1 spiro atoms. The van der Waals surface area contributed by atoms with Crippen LogP contribution in [0.1, 0.15) is 26.2 Å². The van der Waals surface area contributed by atoms with E-state index in [0.29, 0.717) is 5.41 Å². The average molecular weight is 308 g/mol. The zero-order valence-corrected chi connectivity index (χ0v) is 14.3. The minimum Gasteiger partial charge on any atom is -0.356 e. The van der Waals surface area contributed by atoms with E-state index in [1.165, 1.54) is 71.6 Å². The van der Waals surface area contributed by atoms with Crippen LogP contribution in [-0.2, 0) is 4.79 Å². The summed E-state index contributed by atoms with van der Waals surface area (Å²) in [5.41, 5.74) is 0.576. The van der Waals surface area contributed by atoms with E-state index in [-0.39, 0.29) is 5.91 Å². The molecule has 1 amide bonds. The predicted molar refractivity (Wildman–Crippen MR) is 88.8 cm³/mol. The van der Waals surface area contributed by atoms with Gasteiger partial charge in [0.25, 0.3) is 0 Å². The maximum Gasteiger partial charge on any atom is 0.216 e. The summed E-state index contributed by atoms with van der Waals surface area (Å²) < 4.78 is 0. The van der Waals surface area contributed by atoms with Crippen LogP contribution in [0.3, 0.4) is 0 Å². The zero-order chi connectivity index (χ0) is 15.6. The highest BCUT2D eigenvalue weighted by molar-refractivity contribution is 5.72. The van der Waals surface area contributed by atoms with Crippen molar-refractivity contribution >= 4 is 5.91 Å². The van der Waals surface area contributed by atoms with Gasteiger partial charge in [0.2, 0.25) is 5.91 Å². The van der Waals surface area contributed by atoms with Gasteiger partial charge < -0.3 is 15.1 Å². The van der Waals surface area contributed by atoms with E-state index in [4.69, 9.17) is 0 Å². The molecule has 3 rings (SSSR count). The van der Waals surface area contributed by atoms with Crippen molar-refractivity contribution in [1.82, 2.24) is 20.0 Å². The van der Waals surface area contributed by atoms with Crippen LogP contribution in [0.25, 0.3) is 0 Å². The van der Waals surface area contributed by atoms with Crippen LogP contribution in [-0.4, -0.2) is 86.6 Å². The summed E-state index contributed by atoms with van der Waals surface area (Å²) in [5, 5.41) is 3.00. The second kappa shape index (κ2) is 6.85. The topological polar surface area (TPSA) is 38.8 Å².